The molecule has 0 spiro atoms. The van der Waals surface area contributed by atoms with Crippen molar-refractivity contribution in [3.05, 3.63) is 41.5 Å². The summed E-state index contributed by atoms with van der Waals surface area (Å²) in [6, 6.07) is 9.30. The Morgan fingerprint density at radius 2 is 1.55 bits per heavy atom. The molecule has 0 aliphatic heterocycles. The van der Waals surface area contributed by atoms with Gasteiger partial charge in [0.25, 0.3) is 0 Å². The predicted octanol–water partition coefficient (Wildman–Crippen LogP) is 8.53. The van der Waals surface area contributed by atoms with Gasteiger partial charge in [-0.15, -0.1) is 0 Å². The van der Waals surface area contributed by atoms with Crippen LogP contribution in [0.25, 0.3) is 5.57 Å². The van der Waals surface area contributed by atoms with E-state index in [1.54, 1.807) is 12.6 Å². The van der Waals surface area contributed by atoms with Gasteiger partial charge in [0.1, 0.15) is 0 Å². The van der Waals surface area contributed by atoms with Crippen molar-refractivity contribution in [2.75, 3.05) is 7.05 Å². The highest BCUT2D eigenvalue weighted by Gasteiger charge is 2.69. The number of nitrogens with one attached hydrogen (secondary N) is 2. The molecule has 0 heterocycles. The minimum absolute atomic E-state index is 0.0209. The molecular formula is C35H52N2O. The maximum Gasteiger partial charge on any atom is 0.314 e. The number of carbonyl (C=O) groups is 1. The van der Waals surface area contributed by atoms with Crippen LogP contribution in [0.4, 0.5) is 4.79 Å². The van der Waals surface area contributed by atoms with Gasteiger partial charge in [-0.2, -0.15) is 0 Å². The van der Waals surface area contributed by atoms with Crippen molar-refractivity contribution < 1.29 is 4.79 Å². The van der Waals surface area contributed by atoms with Gasteiger partial charge in [0.05, 0.1) is 0 Å². The number of urea groups is 1. The number of carbonyl (C=O) groups excluding carboxylic acids is 1. The summed E-state index contributed by atoms with van der Waals surface area (Å²) in [4.78, 5) is 12.5. The lowest BCUT2D eigenvalue weighted by Crippen LogP contribution is -2.68. The minimum atomic E-state index is 0.0209. The lowest BCUT2D eigenvalue weighted by molar-refractivity contribution is -0.216. The molecule has 1 aromatic carbocycles. The van der Waals surface area contributed by atoms with Gasteiger partial charge in [-0.25, -0.2) is 4.79 Å². The van der Waals surface area contributed by atoms with Crippen molar-refractivity contribution in [2.45, 2.75) is 111 Å². The summed E-state index contributed by atoms with van der Waals surface area (Å²) >= 11 is 0. The van der Waals surface area contributed by atoms with Crippen LogP contribution in [0.15, 0.2) is 30.3 Å². The van der Waals surface area contributed by atoms with Gasteiger partial charge in [-0.3, -0.25) is 0 Å². The van der Waals surface area contributed by atoms with Crippen LogP contribution in [-0.2, 0) is 0 Å². The lowest BCUT2D eigenvalue weighted by atomic mass is 9.33. The largest absolute Gasteiger partial charge is 0.341 e. The predicted molar refractivity (Wildman–Crippen MR) is 158 cm³/mol. The van der Waals surface area contributed by atoms with E-state index >= 15 is 0 Å². The van der Waals surface area contributed by atoms with Gasteiger partial charge in [-0.1, -0.05) is 76.9 Å². The van der Waals surface area contributed by atoms with E-state index < -0.39 is 0 Å². The normalized spacial score (nSPS) is 45.1. The number of fused-ring (bicyclic) bond motifs is 7. The van der Waals surface area contributed by atoms with E-state index in [4.69, 9.17) is 0 Å². The van der Waals surface area contributed by atoms with E-state index in [0.29, 0.717) is 22.2 Å². The molecule has 7 unspecified atom stereocenters. The van der Waals surface area contributed by atoms with Gasteiger partial charge in [0.2, 0.25) is 0 Å². The molecule has 3 nitrogen and oxygen atoms in total. The molecule has 4 fully saturated rings. The van der Waals surface area contributed by atoms with Crippen LogP contribution in [-0.4, -0.2) is 18.6 Å². The summed E-state index contributed by atoms with van der Waals surface area (Å²) < 4.78 is 0. The maximum absolute atomic E-state index is 12.5. The van der Waals surface area contributed by atoms with Crippen LogP contribution < -0.4 is 10.6 Å². The highest BCUT2D eigenvalue weighted by Crippen LogP contribution is 2.76. The molecule has 38 heavy (non-hydrogen) atoms. The topological polar surface area (TPSA) is 41.1 Å². The molecule has 8 atom stereocenters. The van der Waals surface area contributed by atoms with Crippen molar-refractivity contribution >= 4 is 11.6 Å². The molecule has 6 rings (SSSR count). The Kier molecular flexibility index (Phi) is 6.00. The second-order valence-corrected chi connectivity index (χ2v) is 15.4. The zero-order valence-electron chi connectivity index (χ0n) is 25.2. The molecule has 1 aromatic rings. The van der Waals surface area contributed by atoms with Crippen LogP contribution in [0.2, 0.25) is 0 Å². The van der Waals surface area contributed by atoms with Gasteiger partial charge in [0.15, 0.2) is 0 Å². The quantitative estimate of drug-likeness (QED) is 0.406. The van der Waals surface area contributed by atoms with Crippen molar-refractivity contribution in [3.63, 3.8) is 0 Å². The van der Waals surface area contributed by atoms with Crippen molar-refractivity contribution in [3.8, 4) is 0 Å². The van der Waals surface area contributed by atoms with Crippen LogP contribution in [0, 0.1) is 52.3 Å². The molecule has 0 saturated heterocycles. The molecular weight excluding hydrogens is 464 g/mol. The second-order valence-electron chi connectivity index (χ2n) is 15.4. The molecule has 0 bridgehead atoms. The van der Waals surface area contributed by atoms with E-state index in [9.17, 15) is 4.79 Å². The standard InChI is InChI=1S/C35H52N2O/c1-23-10-12-24(13-11-23)25-16-19-32(4)28(31(25,2)3)17-20-34(6)29(32)15-14-26-27-9-8-18-35(27,37-30(38)36-7)22-21-33(26,34)5/h10-13,16,26-29H,8-9,14-15,17-22H2,1-7H3,(H2,36,37,38)/t26?,27?,28?,29?,32?,33-,34?,35?/m1/s1. The Bertz CT molecular complexity index is 1140. The molecule has 0 radical (unpaired) electrons. The monoisotopic (exact) mass is 516 g/mol. The fraction of sp³-hybridized carbons (Fsp3) is 0.743. The first-order valence-corrected chi connectivity index (χ1v) is 15.7. The van der Waals surface area contributed by atoms with Crippen LogP contribution >= 0.6 is 0 Å². The average Bonchev–Trinajstić information content (AvgIpc) is 3.28. The molecule has 5 aliphatic carbocycles. The zero-order chi connectivity index (χ0) is 27.1. The fourth-order valence-electron chi connectivity index (χ4n) is 11.9. The summed E-state index contributed by atoms with van der Waals surface area (Å²) in [6.07, 6.45) is 15.4. The molecule has 4 saturated carbocycles. The Balaban J connectivity index is 1.34. The van der Waals surface area contributed by atoms with Gasteiger partial charge in [-0.05, 0) is 121 Å². The number of allylic oxidation sites excluding steroid dienone is 2. The first-order chi connectivity index (χ1) is 17.9. The Hall–Kier alpha value is -1.77. The maximum atomic E-state index is 12.5. The van der Waals surface area contributed by atoms with Gasteiger partial charge >= 0.3 is 6.03 Å². The van der Waals surface area contributed by atoms with Crippen molar-refractivity contribution in [1.29, 1.82) is 0 Å². The van der Waals surface area contributed by atoms with E-state index in [1.165, 1.54) is 68.9 Å². The molecule has 2 N–H and O–H groups in total. The number of hydrogen-bond donors (Lipinski definition) is 2. The van der Waals surface area contributed by atoms with Gasteiger partial charge in [0, 0.05) is 12.6 Å². The summed E-state index contributed by atoms with van der Waals surface area (Å²) in [5.74, 6) is 2.86. The Morgan fingerprint density at radius 1 is 0.816 bits per heavy atom. The average molecular weight is 517 g/mol. The number of amides is 2. The van der Waals surface area contributed by atoms with E-state index in [-0.39, 0.29) is 17.0 Å². The highest BCUT2D eigenvalue weighted by atomic mass is 16.2. The fourth-order valence-corrected chi connectivity index (χ4v) is 11.9. The van der Waals surface area contributed by atoms with Crippen LogP contribution in [0.3, 0.4) is 0 Å². The highest BCUT2D eigenvalue weighted by molar-refractivity contribution is 5.74. The number of benzene rings is 1. The summed E-state index contributed by atoms with van der Waals surface area (Å²) in [7, 11) is 1.76. The third kappa shape index (κ3) is 3.41. The molecule has 3 heteroatoms. The summed E-state index contributed by atoms with van der Waals surface area (Å²) in [6.45, 7) is 15.4. The Labute approximate surface area is 232 Å². The van der Waals surface area contributed by atoms with E-state index in [2.05, 4.69) is 82.5 Å². The summed E-state index contributed by atoms with van der Waals surface area (Å²) in [5, 5.41) is 6.37. The SMILES string of the molecule is CNC(=O)NC12CCCC1C1CCC3C4(C)CC=C(c5ccc(C)cc5)C(C)(C)C4CCC3(C)[C@]1(C)CC2. The number of aryl methyl sites for hydroxylation is 1. The summed E-state index contributed by atoms with van der Waals surface area (Å²) in [5.41, 5.74) is 5.64. The third-order valence-electron chi connectivity index (χ3n) is 13.9. The number of hydrogen-bond acceptors (Lipinski definition) is 1. The molecule has 208 valence electrons. The van der Waals surface area contributed by atoms with Gasteiger partial charge < -0.3 is 10.6 Å². The van der Waals surface area contributed by atoms with Crippen molar-refractivity contribution in [2.24, 2.45) is 45.3 Å². The molecule has 0 aromatic heterocycles. The lowest BCUT2D eigenvalue weighted by Gasteiger charge is -2.72. The number of rotatable bonds is 2. The first-order valence-electron chi connectivity index (χ1n) is 15.7. The minimum Gasteiger partial charge on any atom is -0.341 e. The van der Waals surface area contributed by atoms with Crippen LogP contribution in [0.1, 0.15) is 110 Å². The van der Waals surface area contributed by atoms with Crippen molar-refractivity contribution in [1.82, 2.24) is 10.6 Å². The first kappa shape index (κ1) is 26.5. The smallest absolute Gasteiger partial charge is 0.314 e. The Morgan fingerprint density at radius 3 is 2.26 bits per heavy atom. The zero-order valence-corrected chi connectivity index (χ0v) is 25.2. The third-order valence-corrected chi connectivity index (χ3v) is 13.9. The molecule has 2 amide bonds. The second kappa shape index (κ2) is 8.61. The van der Waals surface area contributed by atoms with Crippen LogP contribution in [0.5, 0.6) is 0 Å². The van der Waals surface area contributed by atoms with E-state index in [1.807, 2.05) is 0 Å². The molecule has 5 aliphatic rings. The van der Waals surface area contributed by atoms with E-state index in [0.717, 1.165) is 24.2 Å².